The first-order chi connectivity index (χ1) is 16.0. The lowest BCUT2D eigenvalue weighted by Crippen LogP contribution is -2.30. The molecule has 4 atom stereocenters. The van der Waals surface area contributed by atoms with E-state index in [-0.39, 0.29) is 23.8 Å². The lowest BCUT2D eigenvalue weighted by atomic mass is 9.64. The summed E-state index contributed by atoms with van der Waals surface area (Å²) < 4.78 is 50.1. The number of benzene rings is 2. The third-order valence-electron chi connectivity index (χ3n) is 7.48. The monoisotopic (exact) mass is 454 g/mol. The molecule has 0 heterocycles. The van der Waals surface area contributed by atoms with Crippen LogP contribution in [0.2, 0.25) is 0 Å². The summed E-state index contributed by atoms with van der Waals surface area (Å²) in [6.45, 7) is 4.18. The maximum absolute atomic E-state index is 15.2. The molecule has 0 aliphatic heterocycles. The number of ether oxygens (including phenoxy) is 1. The molecule has 0 bridgehead atoms. The lowest BCUT2D eigenvalue weighted by Gasteiger charge is -2.42. The molecule has 0 radical (unpaired) electrons. The molecule has 2 aliphatic carbocycles. The Hall–Kier alpha value is -2.49. The topological polar surface area (TPSA) is 9.23 Å². The van der Waals surface area contributed by atoms with Crippen molar-refractivity contribution in [2.75, 3.05) is 6.61 Å². The summed E-state index contributed by atoms with van der Waals surface area (Å²) in [6.07, 6.45) is 14.5. The quantitative estimate of drug-likeness (QED) is 0.397. The second kappa shape index (κ2) is 10.6. The molecule has 2 saturated carbocycles. The molecular formula is C29H33F3O. The maximum atomic E-state index is 15.2. The van der Waals surface area contributed by atoms with E-state index in [4.69, 9.17) is 4.74 Å². The summed E-state index contributed by atoms with van der Waals surface area (Å²) in [6, 6.07) is 7.54. The highest BCUT2D eigenvalue weighted by atomic mass is 19.2. The molecule has 4 unspecified atom stereocenters. The highest BCUT2D eigenvalue weighted by Crippen LogP contribution is 2.48. The van der Waals surface area contributed by atoms with Crippen molar-refractivity contribution < 1.29 is 17.9 Å². The number of fused-ring (bicyclic) bond motifs is 1. The third kappa shape index (κ3) is 5.20. The van der Waals surface area contributed by atoms with Gasteiger partial charge in [0, 0.05) is 5.56 Å². The number of hydrogen-bond acceptors (Lipinski definition) is 1. The van der Waals surface area contributed by atoms with Gasteiger partial charge in [-0.3, -0.25) is 0 Å². The average Bonchev–Trinajstić information content (AvgIpc) is 2.82. The van der Waals surface area contributed by atoms with Gasteiger partial charge in [-0.2, -0.15) is 0 Å². The minimum Gasteiger partial charge on any atom is -0.486 e. The van der Waals surface area contributed by atoms with Gasteiger partial charge in [0.05, 0.1) is 0 Å². The smallest absolute Gasteiger partial charge is 0.166 e. The Balaban J connectivity index is 1.50. The van der Waals surface area contributed by atoms with E-state index in [1.165, 1.54) is 31.4 Å². The van der Waals surface area contributed by atoms with Crippen molar-refractivity contribution in [3.05, 3.63) is 77.7 Å². The Morgan fingerprint density at radius 1 is 0.879 bits per heavy atom. The fourth-order valence-electron chi connectivity index (χ4n) is 5.78. The van der Waals surface area contributed by atoms with Gasteiger partial charge in [-0.1, -0.05) is 42.5 Å². The molecule has 2 aromatic carbocycles. The zero-order chi connectivity index (χ0) is 23.4. The van der Waals surface area contributed by atoms with Crippen molar-refractivity contribution in [2.45, 2.75) is 58.3 Å². The first-order valence-electron chi connectivity index (χ1n) is 12.2. The highest BCUT2D eigenvalue weighted by Gasteiger charge is 2.36. The average molecular weight is 455 g/mol. The molecule has 4 rings (SSSR count). The van der Waals surface area contributed by atoms with Gasteiger partial charge < -0.3 is 4.74 Å². The molecule has 0 aromatic heterocycles. The summed E-state index contributed by atoms with van der Waals surface area (Å²) >= 11 is 0. The van der Waals surface area contributed by atoms with Gasteiger partial charge in [0.15, 0.2) is 23.2 Å². The Bertz CT molecular complexity index is 1030. The van der Waals surface area contributed by atoms with E-state index < -0.39 is 17.5 Å². The molecule has 4 heteroatoms. The van der Waals surface area contributed by atoms with Gasteiger partial charge in [0.2, 0.25) is 0 Å². The zero-order valence-electron chi connectivity index (χ0n) is 19.5. The van der Waals surface area contributed by atoms with Crippen LogP contribution in [0.3, 0.4) is 0 Å². The van der Waals surface area contributed by atoms with E-state index in [9.17, 15) is 4.39 Å². The Morgan fingerprint density at radius 3 is 2.42 bits per heavy atom. The number of allylic oxidation sites excluding steroid dienone is 3. The van der Waals surface area contributed by atoms with E-state index in [1.807, 2.05) is 13.0 Å². The standard InChI is InChI=1S/C29H33F3O/c1-3-5-15-33-27-14-11-23(18-26(27)30)25-13-12-24(28(31)29(25)32)22-10-9-20-16-19(6-4-2)7-8-21(20)17-22/h3-6,11-14,18-22H,7-10,15-17H2,1-2H3/b5-3+,6-4+. The summed E-state index contributed by atoms with van der Waals surface area (Å²) in [5.41, 5.74) is 0.854. The van der Waals surface area contributed by atoms with Crippen LogP contribution in [0.25, 0.3) is 11.1 Å². The van der Waals surface area contributed by atoms with Crippen LogP contribution in [-0.4, -0.2) is 6.61 Å². The molecular weight excluding hydrogens is 421 g/mol. The Kier molecular flexibility index (Phi) is 7.62. The van der Waals surface area contributed by atoms with Crippen LogP contribution in [-0.2, 0) is 0 Å². The van der Waals surface area contributed by atoms with Gasteiger partial charge in [-0.05, 0) is 99.3 Å². The van der Waals surface area contributed by atoms with Crippen LogP contribution in [0.4, 0.5) is 13.2 Å². The van der Waals surface area contributed by atoms with Crippen LogP contribution >= 0.6 is 0 Å². The zero-order valence-corrected chi connectivity index (χ0v) is 19.5. The molecule has 1 nitrogen and oxygen atoms in total. The van der Waals surface area contributed by atoms with Crippen molar-refractivity contribution in [3.63, 3.8) is 0 Å². The second-order valence-corrected chi connectivity index (χ2v) is 9.48. The second-order valence-electron chi connectivity index (χ2n) is 9.48. The van der Waals surface area contributed by atoms with Crippen LogP contribution in [0.5, 0.6) is 5.75 Å². The first-order valence-corrected chi connectivity index (χ1v) is 12.2. The summed E-state index contributed by atoms with van der Waals surface area (Å²) in [5, 5.41) is 0. The Morgan fingerprint density at radius 2 is 1.67 bits per heavy atom. The van der Waals surface area contributed by atoms with Crippen molar-refractivity contribution in [2.24, 2.45) is 17.8 Å². The highest BCUT2D eigenvalue weighted by molar-refractivity contribution is 5.66. The summed E-state index contributed by atoms with van der Waals surface area (Å²) in [7, 11) is 0. The largest absolute Gasteiger partial charge is 0.486 e. The van der Waals surface area contributed by atoms with Gasteiger partial charge >= 0.3 is 0 Å². The van der Waals surface area contributed by atoms with E-state index in [0.29, 0.717) is 28.9 Å². The number of rotatable bonds is 6. The van der Waals surface area contributed by atoms with Gasteiger partial charge in [-0.25, -0.2) is 13.2 Å². The SMILES string of the molecule is C/C=C/COc1ccc(-c2ccc(C3CCC4CC(/C=C/C)CCC4C3)c(F)c2F)cc1F. The van der Waals surface area contributed by atoms with Crippen LogP contribution < -0.4 is 4.74 Å². The van der Waals surface area contributed by atoms with Crippen LogP contribution in [0, 0.1) is 35.2 Å². The fraction of sp³-hybridized carbons (Fsp3) is 0.448. The fourth-order valence-corrected chi connectivity index (χ4v) is 5.78. The minimum absolute atomic E-state index is 0.0483. The molecule has 2 aromatic rings. The van der Waals surface area contributed by atoms with E-state index in [2.05, 4.69) is 19.1 Å². The summed E-state index contributed by atoms with van der Waals surface area (Å²) in [5.74, 6) is -0.172. The van der Waals surface area contributed by atoms with Crippen molar-refractivity contribution in [3.8, 4) is 16.9 Å². The predicted octanol–water partition coefficient (Wildman–Crippen LogP) is 8.60. The normalized spacial score (nSPS) is 25.5. The molecule has 0 amide bonds. The lowest BCUT2D eigenvalue weighted by molar-refractivity contribution is 0.132. The minimum atomic E-state index is -0.895. The van der Waals surface area contributed by atoms with Crippen molar-refractivity contribution in [1.29, 1.82) is 0 Å². The van der Waals surface area contributed by atoms with E-state index in [1.54, 1.807) is 24.3 Å². The van der Waals surface area contributed by atoms with Crippen molar-refractivity contribution >= 4 is 0 Å². The molecule has 2 fully saturated rings. The van der Waals surface area contributed by atoms with Gasteiger partial charge in [0.1, 0.15) is 6.61 Å². The van der Waals surface area contributed by atoms with Gasteiger partial charge in [0.25, 0.3) is 0 Å². The number of halogens is 3. The maximum Gasteiger partial charge on any atom is 0.166 e. The first kappa shape index (κ1) is 23.7. The van der Waals surface area contributed by atoms with E-state index in [0.717, 1.165) is 19.3 Å². The summed E-state index contributed by atoms with van der Waals surface area (Å²) in [4.78, 5) is 0. The molecule has 0 saturated heterocycles. The molecule has 0 N–H and O–H groups in total. The molecule has 2 aliphatic rings. The third-order valence-corrected chi connectivity index (χ3v) is 7.48. The van der Waals surface area contributed by atoms with Crippen molar-refractivity contribution in [1.82, 2.24) is 0 Å². The van der Waals surface area contributed by atoms with Crippen LogP contribution in [0.1, 0.15) is 63.9 Å². The predicted molar refractivity (Wildman–Crippen MR) is 128 cm³/mol. The molecule has 0 spiro atoms. The molecule has 176 valence electrons. The Labute approximate surface area is 195 Å². The molecule has 33 heavy (non-hydrogen) atoms. The number of hydrogen-bond donors (Lipinski definition) is 0. The van der Waals surface area contributed by atoms with Crippen LogP contribution in [0.15, 0.2) is 54.6 Å². The van der Waals surface area contributed by atoms with Gasteiger partial charge in [-0.15, -0.1) is 0 Å². The van der Waals surface area contributed by atoms with E-state index >= 15 is 8.78 Å².